The van der Waals surface area contributed by atoms with Crippen LogP contribution in [0.4, 0.5) is 5.82 Å². The van der Waals surface area contributed by atoms with Crippen molar-refractivity contribution in [3.05, 3.63) is 23.4 Å². The van der Waals surface area contributed by atoms with Gasteiger partial charge in [0.25, 0.3) is 0 Å². The van der Waals surface area contributed by atoms with Crippen LogP contribution in [0.3, 0.4) is 0 Å². The molecule has 0 aromatic carbocycles. The summed E-state index contributed by atoms with van der Waals surface area (Å²) < 4.78 is 0. The fourth-order valence-corrected chi connectivity index (χ4v) is 2.66. The van der Waals surface area contributed by atoms with E-state index in [9.17, 15) is 0 Å². The summed E-state index contributed by atoms with van der Waals surface area (Å²) in [5, 5.41) is 3.23. The van der Waals surface area contributed by atoms with Crippen LogP contribution in [0.5, 0.6) is 0 Å². The maximum absolute atomic E-state index is 4.78. The van der Waals surface area contributed by atoms with Crippen molar-refractivity contribution in [1.29, 1.82) is 0 Å². The quantitative estimate of drug-likeness (QED) is 0.867. The lowest BCUT2D eigenvalue weighted by Gasteiger charge is -2.19. The molecular formula is C15H25N3. The molecule has 1 aromatic rings. The molecule has 2 rings (SSSR count). The van der Waals surface area contributed by atoms with Crippen LogP contribution < -0.4 is 10.2 Å². The Morgan fingerprint density at radius 3 is 2.83 bits per heavy atom. The van der Waals surface area contributed by atoms with E-state index in [4.69, 9.17) is 4.98 Å². The van der Waals surface area contributed by atoms with Crippen molar-refractivity contribution in [2.75, 3.05) is 25.0 Å². The van der Waals surface area contributed by atoms with Crippen molar-refractivity contribution in [2.24, 2.45) is 5.92 Å². The number of nitrogens with zero attached hydrogens (tertiary/aromatic N) is 2. The van der Waals surface area contributed by atoms with Gasteiger partial charge in [-0.05, 0) is 43.5 Å². The molecule has 0 spiro atoms. The summed E-state index contributed by atoms with van der Waals surface area (Å²) in [7, 11) is 1.99. The molecule has 0 bridgehead atoms. The monoisotopic (exact) mass is 247 g/mol. The molecule has 100 valence electrons. The molecule has 1 unspecified atom stereocenters. The van der Waals surface area contributed by atoms with Crippen LogP contribution in [0.15, 0.2) is 12.1 Å². The summed E-state index contributed by atoms with van der Waals surface area (Å²) in [6, 6.07) is 4.46. The lowest BCUT2D eigenvalue weighted by Crippen LogP contribution is -2.21. The smallest absolute Gasteiger partial charge is 0.129 e. The van der Waals surface area contributed by atoms with E-state index in [0.717, 1.165) is 25.4 Å². The van der Waals surface area contributed by atoms with Gasteiger partial charge in [-0.1, -0.05) is 20.3 Å². The molecule has 1 aliphatic heterocycles. The first kappa shape index (κ1) is 13.3. The minimum atomic E-state index is 0.852. The molecule has 0 amide bonds. The van der Waals surface area contributed by atoms with E-state index in [1.807, 2.05) is 7.05 Å². The second-order valence-corrected chi connectivity index (χ2v) is 5.22. The fourth-order valence-electron chi connectivity index (χ4n) is 2.66. The number of aryl methyl sites for hydroxylation is 1. The molecule has 1 aliphatic rings. The van der Waals surface area contributed by atoms with Crippen molar-refractivity contribution in [3.63, 3.8) is 0 Å². The highest BCUT2D eigenvalue weighted by Crippen LogP contribution is 2.25. The van der Waals surface area contributed by atoms with Gasteiger partial charge in [-0.15, -0.1) is 0 Å². The van der Waals surface area contributed by atoms with E-state index in [0.29, 0.717) is 0 Å². The topological polar surface area (TPSA) is 28.2 Å². The molecule has 3 nitrogen and oxygen atoms in total. The van der Waals surface area contributed by atoms with E-state index >= 15 is 0 Å². The van der Waals surface area contributed by atoms with Crippen molar-refractivity contribution < 1.29 is 0 Å². The van der Waals surface area contributed by atoms with Crippen LogP contribution in [0, 0.1) is 5.92 Å². The van der Waals surface area contributed by atoms with Gasteiger partial charge >= 0.3 is 0 Å². The zero-order valence-electron chi connectivity index (χ0n) is 11.9. The van der Waals surface area contributed by atoms with Gasteiger partial charge in [0.15, 0.2) is 0 Å². The van der Waals surface area contributed by atoms with Crippen LogP contribution in [-0.4, -0.2) is 25.1 Å². The molecule has 1 N–H and O–H groups in total. The van der Waals surface area contributed by atoms with Gasteiger partial charge in [0.1, 0.15) is 5.82 Å². The van der Waals surface area contributed by atoms with Gasteiger partial charge in [-0.3, -0.25) is 0 Å². The van der Waals surface area contributed by atoms with Crippen molar-refractivity contribution in [1.82, 2.24) is 10.3 Å². The molecule has 0 radical (unpaired) electrons. The van der Waals surface area contributed by atoms with Gasteiger partial charge in [0, 0.05) is 25.3 Å². The van der Waals surface area contributed by atoms with Gasteiger partial charge in [-0.2, -0.15) is 0 Å². The van der Waals surface area contributed by atoms with E-state index in [2.05, 4.69) is 36.2 Å². The SMILES string of the molecule is CCc1cc(CNC)cc(N2CCC(CC)C2)n1. The Morgan fingerprint density at radius 1 is 1.39 bits per heavy atom. The molecule has 1 fully saturated rings. The highest BCUT2D eigenvalue weighted by Gasteiger charge is 2.22. The lowest BCUT2D eigenvalue weighted by molar-refractivity contribution is 0.568. The molecule has 0 aliphatic carbocycles. The zero-order valence-corrected chi connectivity index (χ0v) is 11.9. The maximum atomic E-state index is 4.78. The number of rotatable bonds is 5. The average Bonchev–Trinajstić information content (AvgIpc) is 2.87. The first-order chi connectivity index (χ1) is 8.76. The molecule has 1 aromatic heterocycles. The Balaban J connectivity index is 2.18. The zero-order chi connectivity index (χ0) is 13.0. The van der Waals surface area contributed by atoms with E-state index in [-0.39, 0.29) is 0 Å². The second-order valence-electron chi connectivity index (χ2n) is 5.22. The standard InChI is InChI=1S/C15H25N3/c1-4-12-6-7-18(11-12)15-9-13(10-16-3)8-14(5-2)17-15/h8-9,12,16H,4-7,10-11H2,1-3H3. The van der Waals surface area contributed by atoms with Crippen molar-refractivity contribution in [3.8, 4) is 0 Å². The molecular weight excluding hydrogens is 222 g/mol. The number of anilines is 1. The predicted octanol–water partition coefficient (Wildman–Crippen LogP) is 2.60. The van der Waals surface area contributed by atoms with E-state index < -0.39 is 0 Å². The fraction of sp³-hybridized carbons (Fsp3) is 0.667. The number of hydrogen-bond donors (Lipinski definition) is 1. The second kappa shape index (κ2) is 6.19. The Kier molecular flexibility index (Phi) is 4.59. The average molecular weight is 247 g/mol. The minimum Gasteiger partial charge on any atom is -0.356 e. The first-order valence-corrected chi connectivity index (χ1v) is 7.16. The van der Waals surface area contributed by atoms with E-state index in [1.54, 1.807) is 0 Å². The van der Waals surface area contributed by atoms with Crippen LogP contribution in [0.25, 0.3) is 0 Å². The summed E-state index contributed by atoms with van der Waals surface area (Å²) in [6.07, 6.45) is 3.61. The highest BCUT2D eigenvalue weighted by atomic mass is 15.2. The largest absolute Gasteiger partial charge is 0.356 e. The van der Waals surface area contributed by atoms with E-state index in [1.165, 1.54) is 36.5 Å². The summed E-state index contributed by atoms with van der Waals surface area (Å²) >= 11 is 0. The van der Waals surface area contributed by atoms with Crippen molar-refractivity contribution >= 4 is 5.82 Å². The summed E-state index contributed by atoms with van der Waals surface area (Å²) in [5.74, 6) is 2.03. The molecule has 2 heterocycles. The molecule has 18 heavy (non-hydrogen) atoms. The third-order valence-electron chi connectivity index (χ3n) is 3.85. The van der Waals surface area contributed by atoms with Crippen LogP contribution in [-0.2, 0) is 13.0 Å². The molecule has 1 atom stereocenters. The normalized spacial score (nSPS) is 19.5. The minimum absolute atomic E-state index is 0.852. The van der Waals surface area contributed by atoms with Crippen LogP contribution in [0.2, 0.25) is 0 Å². The van der Waals surface area contributed by atoms with Gasteiger partial charge in [-0.25, -0.2) is 4.98 Å². The molecule has 3 heteroatoms. The van der Waals surface area contributed by atoms with Crippen molar-refractivity contribution in [2.45, 2.75) is 39.7 Å². The maximum Gasteiger partial charge on any atom is 0.129 e. The van der Waals surface area contributed by atoms with Crippen LogP contribution >= 0.6 is 0 Å². The van der Waals surface area contributed by atoms with Gasteiger partial charge in [0.2, 0.25) is 0 Å². The molecule has 0 saturated carbocycles. The Labute approximate surface area is 111 Å². The first-order valence-electron chi connectivity index (χ1n) is 7.16. The number of pyridine rings is 1. The summed E-state index contributed by atoms with van der Waals surface area (Å²) in [5.41, 5.74) is 2.55. The number of aromatic nitrogens is 1. The summed E-state index contributed by atoms with van der Waals surface area (Å²) in [6.45, 7) is 7.73. The predicted molar refractivity (Wildman–Crippen MR) is 77.0 cm³/mol. The third-order valence-corrected chi connectivity index (χ3v) is 3.85. The number of nitrogens with one attached hydrogen (secondary N) is 1. The highest BCUT2D eigenvalue weighted by molar-refractivity contribution is 5.44. The Bertz CT molecular complexity index is 389. The lowest BCUT2D eigenvalue weighted by atomic mass is 10.1. The van der Waals surface area contributed by atoms with Gasteiger partial charge < -0.3 is 10.2 Å². The Hall–Kier alpha value is -1.09. The summed E-state index contributed by atoms with van der Waals surface area (Å²) in [4.78, 5) is 7.23. The van der Waals surface area contributed by atoms with Crippen LogP contribution in [0.1, 0.15) is 37.9 Å². The molecule has 1 saturated heterocycles. The van der Waals surface area contributed by atoms with Gasteiger partial charge in [0.05, 0.1) is 0 Å². The third kappa shape index (κ3) is 3.02. The Morgan fingerprint density at radius 2 is 2.22 bits per heavy atom. The number of hydrogen-bond acceptors (Lipinski definition) is 3.